The minimum Gasteiger partial charge on any atom is -0.495 e. The number of aromatic nitrogens is 4. The molecular formula is C28H25F4N7O3. The van der Waals surface area contributed by atoms with Gasteiger partial charge < -0.3 is 15.4 Å². The molecule has 0 bridgehead atoms. The number of hydrogen-bond donors (Lipinski definition) is 2. The zero-order chi connectivity index (χ0) is 30.0. The summed E-state index contributed by atoms with van der Waals surface area (Å²) in [5.74, 6) is -0.915. The monoisotopic (exact) mass is 583 g/mol. The summed E-state index contributed by atoms with van der Waals surface area (Å²) in [4.78, 5) is 26.3. The maximum atomic E-state index is 15.0. The molecule has 1 saturated heterocycles. The quantitative estimate of drug-likeness (QED) is 0.198. The highest BCUT2D eigenvalue weighted by atomic mass is 19.4. The van der Waals surface area contributed by atoms with E-state index in [1.165, 1.54) is 30.6 Å². The summed E-state index contributed by atoms with van der Waals surface area (Å²) in [6, 6.07) is 7.17. The molecule has 14 heteroatoms. The van der Waals surface area contributed by atoms with Gasteiger partial charge in [0.2, 0.25) is 5.91 Å². The van der Waals surface area contributed by atoms with E-state index in [-0.39, 0.29) is 30.2 Å². The molecule has 2 aromatic carbocycles. The Morgan fingerprint density at radius 1 is 1.21 bits per heavy atom. The van der Waals surface area contributed by atoms with Crippen molar-refractivity contribution in [2.45, 2.75) is 18.6 Å². The third-order valence-corrected chi connectivity index (χ3v) is 6.54. The van der Waals surface area contributed by atoms with Gasteiger partial charge in [0, 0.05) is 42.4 Å². The first-order valence-corrected chi connectivity index (χ1v) is 12.6. The van der Waals surface area contributed by atoms with Crippen LogP contribution in [-0.4, -0.2) is 39.4 Å². The third kappa shape index (κ3) is 5.74. The molecule has 5 rings (SSSR count). The molecule has 0 radical (unpaired) electrons. The summed E-state index contributed by atoms with van der Waals surface area (Å²) in [5.41, 5.74) is 0.722. The lowest BCUT2D eigenvalue weighted by atomic mass is 10.0. The molecule has 2 aromatic heterocycles. The molecule has 1 amide bonds. The summed E-state index contributed by atoms with van der Waals surface area (Å²) in [6.07, 6.45) is 1.19. The van der Waals surface area contributed by atoms with Crippen LogP contribution < -0.4 is 20.4 Å². The lowest BCUT2D eigenvalue weighted by molar-refractivity contribution is -0.140. The number of nitrogens with one attached hydrogen (secondary N) is 2. The molecule has 2 N–H and O–H groups in total. The van der Waals surface area contributed by atoms with Gasteiger partial charge in [0.15, 0.2) is 5.82 Å². The number of hydroxylamine groups is 1. The summed E-state index contributed by atoms with van der Waals surface area (Å²) < 4.78 is 62.2. The minimum atomic E-state index is -4.84. The van der Waals surface area contributed by atoms with Gasteiger partial charge in [-0.15, -0.1) is 0 Å². The third-order valence-electron chi connectivity index (χ3n) is 6.54. The number of carbonyl (C=O) groups excluding carboxylic acids is 1. The SMILES string of the molecule is C=CC(=O)Nc1cc(Nc2cc(N3OCC[C@@H]3c3cccc(C(F)(F)F)c3F)ncn2)c(OC)cc1-c1cnn(C)c1. The molecular weight excluding hydrogens is 558 g/mol. The minimum absolute atomic E-state index is 0.142. The van der Waals surface area contributed by atoms with Gasteiger partial charge in [0.05, 0.1) is 42.9 Å². The Kier molecular flexibility index (Phi) is 7.81. The molecule has 10 nitrogen and oxygen atoms in total. The Morgan fingerprint density at radius 2 is 2.02 bits per heavy atom. The van der Waals surface area contributed by atoms with Gasteiger partial charge in [-0.05, 0) is 24.3 Å². The molecule has 1 aliphatic rings. The van der Waals surface area contributed by atoms with Crippen LogP contribution in [0.4, 0.5) is 40.6 Å². The van der Waals surface area contributed by atoms with Gasteiger partial charge in [-0.1, -0.05) is 18.7 Å². The summed E-state index contributed by atoms with van der Waals surface area (Å²) in [7, 11) is 3.24. The van der Waals surface area contributed by atoms with Crippen LogP contribution in [0.2, 0.25) is 0 Å². The fourth-order valence-electron chi connectivity index (χ4n) is 4.61. The van der Waals surface area contributed by atoms with Crippen LogP contribution in [0, 0.1) is 5.82 Å². The number of hydrogen-bond acceptors (Lipinski definition) is 8. The van der Waals surface area contributed by atoms with Gasteiger partial charge in [-0.2, -0.15) is 18.3 Å². The molecule has 0 saturated carbocycles. The highest BCUT2D eigenvalue weighted by Crippen LogP contribution is 2.41. The highest BCUT2D eigenvalue weighted by Gasteiger charge is 2.38. The summed E-state index contributed by atoms with van der Waals surface area (Å²) in [5, 5.41) is 11.4. The Hall–Kier alpha value is -4.98. The standard InChI is InChI=1S/C28H25F4N7O3/c1-4-26(40)37-20-11-21(23(41-3)10-18(20)16-13-35-38(2)14-16)36-24-12-25(34-15-33-24)39-22(8-9-42-39)17-6-5-7-19(27(17)29)28(30,31)32/h4-7,10-15,22H,1,8-9H2,2-3H3,(H,37,40)(H,33,34,36)/t22-/m1/s1. The molecule has 42 heavy (non-hydrogen) atoms. The first kappa shape index (κ1) is 28.5. The maximum Gasteiger partial charge on any atom is 0.419 e. The number of ether oxygens (including phenoxy) is 1. The second-order valence-corrected chi connectivity index (χ2v) is 9.25. The Labute approximate surface area is 237 Å². The maximum absolute atomic E-state index is 15.0. The predicted octanol–water partition coefficient (Wildman–Crippen LogP) is 5.79. The van der Waals surface area contributed by atoms with E-state index in [1.54, 1.807) is 36.3 Å². The number of benzene rings is 2. The molecule has 4 aromatic rings. The predicted molar refractivity (Wildman–Crippen MR) is 147 cm³/mol. The second-order valence-electron chi connectivity index (χ2n) is 9.25. The van der Waals surface area contributed by atoms with Crippen LogP contribution in [0.3, 0.4) is 0 Å². The van der Waals surface area contributed by atoms with Gasteiger partial charge >= 0.3 is 6.18 Å². The van der Waals surface area contributed by atoms with E-state index in [0.29, 0.717) is 28.8 Å². The smallest absolute Gasteiger partial charge is 0.419 e. The van der Waals surface area contributed by atoms with Crippen LogP contribution in [0.1, 0.15) is 23.6 Å². The number of aryl methyl sites for hydroxylation is 1. The molecule has 0 aliphatic carbocycles. The van der Waals surface area contributed by atoms with Crippen molar-refractivity contribution in [3.63, 3.8) is 0 Å². The van der Waals surface area contributed by atoms with Crippen molar-refractivity contribution in [2.24, 2.45) is 7.05 Å². The van der Waals surface area contributed by atoms with Crippen molar-refractivity contribution in [3.8, 4) is 16.9 Å². The molecule has 218 valence electrons. The van der Waals surface area contributed by atoms with Crippen LogP contribution >= 0.6 is 0 Å². The molecule has 1 aliphatic heterocycles. The molecule has 1 atom stereocenters. The van der Waals surface area contributed by atoms with E-state index in [9.17, 15) is 22.4 Å². The topological polar surface area (TPSA) is 106 Å². The first-order valence-electron chi connectivity index (χ1n) is 12.6. The van der Waals surface area contributed by atoms with Crippen molar-refractivity contribution in [3.05, 3.63) is 84.7 Å². The van der Waals surface area contributed by atoms with Gasteiger partial charge in [0.25, 0.3) is 0 Å². The summed E-state index contributed by atoms with van der Waals surface area (Å²) in [6.45, 7) is 3.65. The number of methoxy groups -OCH3 is 1. The first-order chi connectivity index (χ1) is 20.1. The molecule has 0 spiro atoms. The average molecular weight is 584 g/mol. The number of carbonyl (C=O) groups is 1. The van der Waals surface area contributed by atoms with Gasteiger partial charge in [-0.25, -0.2) is 19.4 Å². The number of halogens is 4. The highest BCUT2D eigenvalue weighted by molar-refractivity contribution is 6.02. The van der Waals surface area contributed by atoms with E-state index >= 15 is 0 Å². The molecule has 1 fully saturated rings. The van der Waals surface area contributed by atoms with Crippen molar-refractivity contribution in [2.75, 3.05) is 29.4 Å². The molecule has 3 heterocycles. The van der Waals surface area contributed by atoms with Gasteiger partial charge in [-0.3, -0.25) is 14.3 Å². The zero-order valence-corrected chi connectivity index (χ0v) is 22.4. The number of amides is 1. The van der Waals surface area contributed by atoms with E-state index < -0.39 is 29.5 Å². The number of nitrogens with zero attached hydrogens (tertiary/aromatic N) is 5. The van der Waals surface area contributed by atoms with Gasteiger partial charge in [0.1, 0.15) is 23.7 Å². The van der Waals surface area contributed by atoms with Crippen molar-refractivity contribution in [1.82, 2.24) is 19.7 Å². The second kappa shape index (κ2) is 11.5. The fraction of sp³-hybridized carbons (Fsp3) is 0.214. The Balaban J connectivity index is 1.48. The van der Waals surface area contributed by atoms with Crippen LogP contribution in [0.5, 0.6) is 5.75 Å². The van der Waals surface area contributed by atoms with E-state index in [1.807, 2.05) is 0 Å². The molecule has 0 unspecified atom stereocenters. The average Bonchev–Trinajstić information content (AvgIpc) is 3.62. The van der Waals surface area contributed by atoms with E-state index in [0.717, 1.165) is 17.7 Å². The zero-order valence-electron chi connectivity index (χ0n) is 22.4. The van der Waals surface area contributed by atoms with E-state index in [4.69, 9.17) is 9.57 Å². The van der Waals surface area contributed by atoms with E-state index in [2.05, 4.69) is 32.3 Å². The van der Waals surface area contributed by atoms with Crippen molar-refractivity contribution < 1.29 is 31.9 Å². The van der Waals surface area contributed by atoms with Crippen LogP contribution in [-0.2, 0) is 22.9 Å². The van der Waals surface area contributed by atoms with Crippen molar-refractivity contribution >= 4 is 28.9 Å². The Bertz CT molecular complexity index is 1640. The fourth-order valence-corrected chi connectivity index (χ4v) is 4.61. The lowest BCUT2D eigenvalue weighted by Crippen LogP contribution is -2.24. The number of alkyl halides is 3. The van der Waals surface area contributed by atoms with Crippen LogP contribution in [0.15, 0.2) is 67.8 Å². The normalized spacial score (nSPS) is 15.0. The largest absolute Gasteiger partial charge is 0.495 e. The van der Waals surface area contributed by atoms with Crippen LogP contribution in [0.25, 0.3) is 11.1 Å². The number of anilines is 4. The van der Waals surface area contributed by atoms with Crippen molar-refractivity contribution in [1.29, 1.82) is 0 Å². The lowest BCUT2D eigenvalue weighted by Gasteiger charge is -2.25. The Morgan fingerprint density at radius 3 is 2.71 bits per heavy atom. The number of rotatable bonds is 8. The summed E-state index contributed by atoms with van der Waals surface area (Å²) >= 11 is 0.